The van der Waals surface area contributed by atoms with E-state index < -0.39 is 0 Å². The maximum atomic E-state index is 12.6. The van der Waals surface area contributed by atoms with Crippen molar-refractivity contribution in [3.63, 3.8) is 0 Å². The predicted octanol–water partition coefficient (Wildman–Crippen LogP) is 4.64. The summed E-state index contributed by atoms with van der Waals surface area (Å²) in [6.07, 6.45) is 3.81. The van der Waals surface area contributed by atoms with Crippen molar-refractivity contribution < 1.29 is 19.0 Å². The number of amides is 1. The van der Waals surface area contributed by atoms with Crippen LogP contribution in [0.25, 0.3) is 5.82 Å². The molecule has 0 bridgehead atoms. The number of hydrogen-bond acceptors (Lipinski definition) is 6. The molecule has 0 atom stereocenters. The Kier molecular flexibility index (Phi) is 6.03. The summed E-state index contributed by atoms with van der Waals surface area (Å²) in [5.74, 6) is 3.13. The monoisotopic (exact) mass is 430 g/mol. The van der Waals surface area contributed by atoms with Crippen LogP contribution in [-0.4, -0.2) is 34.7 Å². The van der Waals surface area contributed by atoms with Gasteiger partial charge in [0, 0.05) is 29.7 Å². The number of benzene rings is 2. The lowest BCUT2D eigenvalue weighted by molar-refractivity contribution is 0.102. The number of aromatic nitrogens is 3. The third kappa shape index (κ3) is 4.70. The summed E-state index contributed by atoms with van der Waals surface area (Å²) in [5, 5.41) is 2.86. The van der Waals surface area contributed by atoms with Crippen molar-refractivity contribution in [1.82, 2.24) is 14.5 Å². The summed E-state index contributed by atoms with van der Waals surface area (Å²) < 4.78 is 18.2. The van der Waals surface area contributed by atoms with Crippen LogP contribution in [0.4, 0.5) is 5.69 Å². The van der Waals surface area contributed by atoms with E-state index in [1.165, 1.54) is 7.11 Å². The Labute approximate surface area is 185 Å². The third-order valence-electron chi connectivity index (χ3n) is 4.65. The van der Waals surface area contributed by atoms with Gasteiger partial charge in [-0.15, -0.1) is 0 Å². The summed E-state index contributed by atoms with van der Waals surface area (Å²) in [7, 11) is 3.07. The first-order valence-electron chi connectivity index (χ1n) is 9.86. The molecule has 1 N–H and O–H groups in total. The van der Waals surface area contributed by atoms with Crippen molar-refractivity contribution in [3.05, 3.63) is 84.4 Å². The van der Waals surface area contributed by atoms with E-state index in [4.69, 9.17) is 14.2 Å². The molecule has 0 aliphatic carbocycles. The summed E-state index contributed by atoms with van der Waals surface area (Å²) >= 11 is 0. The molecular formula is C24H22N4O4. The highest BCUT2D eigenvalue weighted by atomic mass is 16.5. The van der Waals surface area contributed by atoms with Crippen molar-refractivity contribution >= 4 is 11.6 Å². The maximum Gasteiger partial charge on any atom is 0.255 e. The molecule has 1 amide bonds. The molecule has 0 aliphatic heterocycles. The molecule has 32 heavy (non-hydrogen) atoms. The number of carbonyl (C=O) groups excluding carboxylic acids is 1. The van der Waals surface area contributed by atoms with Gasteiger partial charge >= 0.3 is 0 Å². The molecule has 0 saturated carbocycles. The molecule has 0 spiro atoms. The van der Waals surface area contributed by atoms with Gasteiger partial charge in [0.1, 0.15) is 17.4 Å². The van der Waals surface area contributed by atoms with Crippen LogP contribution in [0.15, 0.2) is 73.1 Å². The van der Waals surface area contributed by atoms with Crippen LogP contribution < -0.4 is 19.5 Å². The average Bonchev–Trinajstić information content (AvgIpc) is 3.34. The Morgan fingerprint density at radius 1 is 0.906 bits per heavy atom. The highest BCUT2D eigenvalue weighted by Crippen LogP contribution is 2.28. The number of aryl methyl sites for hydroxylation is 1. The van der Waals surface area contributed by atoms with Crippen LogP contribution in [-0.2, 0) is 0 Å². The van der Waals surface area contributed by atoms with E-state index in [2.05, 4.69) is 15.3 Å². The van der Waals surface area contributed by atoms with Crippen LogP contribution >= 0.6 is 0 Å². The molecule has 0 fully saturated rings. The minimum Gasteiger partial charge on any atom is -0.493 e. The van der Waals surface area contributed by atoms with Crippen molar-refractivity contribution in [2.24, 2.45) is 0 Å². The van der Waals surface area contributed by atoms with Gasteiger partial charge in [0.25, 0.3) is 5.91 Å². The van der Waals surface area contributed by atoms with Crippen LogP contribution in [0.1, 0.15) is 16.2 Å². The van der Waals surface area contributed by atoms with E-state index >= 15 is 0 Å². The van der Waals surface area contributed by atoms with Crippen LogP contribution in [0.5, 0.6) is 23.1 Å². The standard InChI is InChI=1S/C24H22N4O4/c1-16-25-22(28-12-4-5-13-28)15-23(26-16)32-19-9-7-18(8-10-19)27-24(29)17-6-11-20(30-2)21(14-17)31-3/h4-15H,1-3H3,(H,27,29). The normalized spacial score (nSPS) is 10.5. The van der Waals surface area contributed by atoms with Gasteiger partial charge in [0.15, 0.2) is 11.5 Å². The smallest absolute Gasteiger partial charge is 0.255 e. The number of anilines is 1. The fourth-order valence-electron chi connectivity index (χ4n) is 3.10. The first-order chi connectivity index (χ1) is 15.6. The van der Waals surface area contributed by atoms with Crippen molar-refractivity contribution in [1.29, 1.82) is 0 Å². The molecule has 4 aromatic rings. The first kappa shape index (κ1) is 20.9. The molecule has 0 unspecified atom stereocenters. The fourth-order valence-corrected chi connectivity index (χ4v) is 3.10. The fraction of sp³-hybridized carbons (Fsp3) is 0.125. The Morgan fingerprint density at radius 2 is 1.62 bits per heavy atom. The van der Waals surface area contributed by atoms with E-state index in [0.717, 1.165) is 5.82 Å². The zero-order chi connectivity index (χ0) is 22.5. The summed E-state index contributed by atoms with van der Waals surface area (Å²) in [4.78, 5) is 21.4. The van der Waals surface area contributed by atoms with E-state index in [-0.39, 0.29) is 5.91 Å². The van der Waals surface area contributed by atoms with Gasteiger partial charge in [-0.2, -0.15) is 4.98 Å². The Morgan fingerprint density at radius 3 is 2.31 bits per heavy atom. The van der Waals surface area contributed by atoms with Gasteiger partial charge in [-0.3, -0.25) is 4.79 Å². The zero-order valence-corrected chi connectivity index (χ0v) is 17.9. The zero-order valence-electron chi connectivity index (χ0n) is 17.9. The van der Waals surface area contributed by atoms with Crippen molar-refractivity contribution in [2.75, 3.05) is 19.5 Å². The molecule has 8 nitrogen and oxygen atoms in total. The lowest BCUT2D eigenvalue weighted by atomic mass is 10.2. The highest BCUT2D eigenvalue weighted by molar-refractivity contribution is 6.04. The summed E-state index contributed by atoms with van der Waals surface area (Å²) in [6, 6.07) is 17.6. The number of methoxy groups -OCH3 is 2. The van der Waals surface area contributed by atoms with Gasteiger partial charge in [-0.05, 0) is 61.5 Å². The molecule has 162 valence electrons. The topological polar surface area (TPSA) is 87.5 Å². The largest absolute Gasteiger partial charge is 0.493 e. The molecule has 0 radical (unpaired) electrons. The molecule has 0 saturated heterocycles. The lowest BCUT2D eigenvalue weighted by Gasteiger charge is -2.11. The lowest BCUT2D eigenvalue weighted by Crippen LogP contribution is -2.12. The molecule has 8 heteroatoms. The Bertz CT molecular complexity index is 1220. The second kappa shape index (κ2) is 9.22. The second-order valence-electron chi connectivity index (χ2n) is 6.85. The molecule has 2 aromatic carbocycles. The van der Waals surface area contributed by atoms with Crippen LogP contribution in [0, 0.1) is 6.92 Å². The number of carbonyl (C=O) groups is 1. The second-order valence-corrected chi connectivity index (χ2v) is 6.85. The molecule has 2 heterocycles. The minimum atomic E-state index is -0.262. The number of hydrogen-bond donors (Lipinski definition) is 1. The van der Waals surface area contributed by atoms with Gasteiger partial charge in [-0.1, -0.05) is 0 Å². The number of nitrogens with zero attached hydrogens (tertiary/aromatic N) is 3. The van der Waals surface area contributed by atoms with E-state index in [1.54, 1.807) is 55.6 Å². The van der Waals surface area contributed by atoms with Crippen LogP contribution in [0.2, 0.25) is 0 Å². The SMILES string of the molecule is COc1ccc(C(=O)Nc2ccc(Oc3cc(-n4cccc4)nc(C)n3)cc2)cc1OC. The number of rotatable bonds is 7. The quantitative estimate of drug-likeness (QED) is 0.460. The van der Waals surface area contributed by atoms with Gasteiger partial charge < -0.3 is 24.1 Å². The maximum absolute atomic E-state index is 12.6. The minimum absolute atomic E-state index is 0.262. The van der Waals surface area contributed by atoms with Crippen LogP contribution in [0.3, 0.4) is 0 Å². The Balaban J connectivity index is 1.45. The third-order valence-corrected chi connectivity index (χ3v) is 4.65. The number of nitrogens with one attached hydrogen (secondary N) is 1. The average molecular weight is 430 g/mol. The molecular weight excluding hydrogens is 408 g/mol. The van der Waals surface area contributed by atoms with Gasteiger partial charge in [-0.25, -0.2) is 4.98 Å². The van der Waals surface area contributed by atoms with Crippen molar-refractivity contribution in [2.45, 2.75) is 6.92 Å². The van der Waals surface area contributed by atoms with Gasteiger partial charge in [0.2, 0.25) is 5.88 Å². The first-order valence-corrected chi connectivity index (χ1v) is 9.86. The highest BCUT2D eigenvalue weighted by Gasteiger charge is 2.11. The molecule has 2 aromatic heterocycles. The van der Waals surface area contributed by atoms with E-state index in [1.807, 2.05) is 36.0 Å². The molecule has 0 aliphatic rings. The van der Waals surface area contributed by atoms with E-state index in [9.17, 15) is 4.79 Å². The number of ether oxygens (including phenoxy) is 3. The Hall–Kier alpha value is -4.33. The van der Waals surface area contributed by atoms with Gasteiger partial charge in [0.05, 0.1) is 14.2 Å². The van der Waals surface area contributed by atoms with Crippen molar-refractivity contribution in [3.8, 4) is 28.9 Å². The molecule has 4 rings (SSSR count). The summed E-state index contributed by atoms with van der Waals surface area (Å²) in [5.41, 5.74) is 1.08. The summed E-state index contributed by atoms with van der Waals surface area (Å²) in [6.45, 7) is 1.81. The van der Waals surface area contributed by atoms with E-state index in [0.29, 0.717) is 40.2 Å². The predicted molar refractivity (Wildman–Crippen MR) is 120 cm³/mol.